The van der Waals surface area contributed by atoms with Crippen molar-refractivity contribution in [2.75, 3.05) is 9.80 Å². The second kappa shape index (κ2) is 16.5. The van der Waals surface area contributed by atoms with E-state index in [-0.39, 0.29) is 33.8 Å². The zero-order valence-electron chi connectivity index (χ0n) is 44.6. The standard InChI is InChI=1S/C68H71BN2/c1-44-36-61-63-62(37-44)71(58-33-31-50(65(5,6)7)40-53(58)47-25-20-24-46(38-47)45-22-16-14-17-23-45)60-43-55-54(66(8,9)34-35-67(55,10)11)42-57(60)69(63)56-32-30-51(68(12,13)48-26-18-15-19-27-48)41-59(56)70(61)52-29-21-28-49(39-52)64(2,3)4/h14-33,36-43H,34-35H2,1-13H3. The van der Waals surface area contributed by atoms with E-state index in [0.29, 0.717) is 0 Å². The largest absolute Gasteiger partial charge is 0.311 e. The third-order valence-electron chi connectivity index (χ3n) is 16.8. The van der Waals surface area contributed by atoms with E-state index in [2.05, 4.69) is 270 Å². The Morgan fingerprint density at radius 3 is 1.63 bits per heavy atom. The van der Waals surface area contributed by atoms with Gasteiger partial charge in [-0.1, -0.05) is 198 Å². The number of rotatable bonds is 6. The molecule has 8 aromatic carbocycles. The van der Waals surface area contributed by atoms with Gasteiger partial charge < -0.3 is 9.80 Å². The van der Waals surface area contributed by atoms with E-state index in [1.807, 2.05) is 0 Å². The maximum Gasteiger partial charge on any atom is 0.252 e. The van der Waals surface area contributed by atoms with Gasteiger partial charge in [0.25, 0.3) is 6.71 Å². The van der Waals surface area contributed by atoms with Crippen molar-refractivity contribution in [3.05, 3.63) is 209 Å². The Hall–Kier alpha value is -6.58. The van der Waals surface area contributed by atoms with E-state index in [4.69, 9.17) is 0 Å². The Morgan fingerprint density at radius 1 is 0.408 bits per heavy atom. The quantitative estimate of drug-likeness (QED) is 0.153. The Balaban J connectivity index is 1.25. The van der Waals surface area contributed by atoms with E-state index in [0.717, 1.165) is 12.8 Å². The highest BCUT2D eigenvalue weighted by Crippen LogP contribution is 2.52. The molecule has 0 saturated heterocycles. The summed E-state index contributed by atoms with van der Waals surface area (Å²) < 4.78 is 0. The number of nitrogens with zero attached hydrogens (tertiary/aromatic N) is 2. The lowest BCUT2D eigenvalue weighted by Crippen LogP contribution is -2.62. The molecular formula is C68H71BN2. The smallest absolute Gasteiger partial charge is 0.252 e. The summed E-state index contributed by atoms with van der Waals surface area (Å²) in [5.74, 6) is 0. The molecule has 8 aromatic rings. The first-order valence-electron chi connectivity index (χ1n) is 26.2. The summed E-state index contributed by atoms with van der Waals surface area (Å²) in [5.41, 5.74) is 25.7. The molecule has 0 radical (unpaired) electrons. The summed E-state index contributed by atoms with van der Waals surface area (Å²) in [6.45, 7) is 31.0. The van der Waals surface area contributed by atoms with Crippen LogP contribution >= 0.6 is 0 Å². The Morgan fingerprint density at radius 2 is 0.958 bits per heavy atom. The fourth-order valence-electron chi connectivity index (χ4n) is 12.2. The van der Waals surface area contributed by atoms with Crippen LogP contribution in [-0.2, 0) is 27.1 Å². The molecular weight excluding hydrogens is 856 g/mol. The van der Waals surface area contributed by atoms with E-state index in [9.17, 15) is 0 Å². The van der Waals surface area contributed by atoms with Gasteiger partial charge in [0.05, 0.1) is 5.69 Å². The van der Waals surface area contributed by atoms with Crippen molar-refractivity contribution in [3.8, 4) is 22.3 Å². The number of hydrogen-bond acceptors (Lipinski definition) is 2. The third kappa shape index (κ3) is 7.87. The van der Waals surface area contributed by atoms with Gasteiger partial charge in [0.15, 0.2) is 0 Å². The van der Waals surface area contributed by atoms with Crippen molar-refractivity contribution in [1.29, 1.82) is 0 Å². The molecule has 1 aliphatic carbocycles. The van der Waals surface area contributed by atoms with E-state index in [1.54, 1.807) is 0 Å². The lowest BCUT2D eigenvalue weighted by atomic mass is 9.33. The average molecular weight is 927 g/mol. The van der Waals surface area contributed by atoms with Gasteiger partial charge in [-0.3, -0.25) is 0 Å². The van der Waals surface area contributed by atoms with Gasteiger partial charge in [0.2, 0.25) is 0 Å². The molecule has 11 rings (SSSR count). The molecule has 3 heteroatoms. The van der Waals surface area contributed by atoms with Gasteiger partial charge >= 0.3 is 0 Å². The molecule has 2 aliphatic heterocycles. The fraction of sp³-hybridized carbons (Fsp3) is 0.294. The van der Waals surface area contributed by atoms with Gasteiger partial charge in [0, 0.05) is 39.4 Å². The van der Waals surface area contributed by atoms with E-state index in [1.165, 1.54) is 112 Å². The summed E-state index contributed by atoms with van der Waals surface area (Å²) in [4.78, 5) is 5.31. The molecule has 3 aliphatic rings. The third-order valence-corrected chi connectivity index (χ3v) is 16.8. The predicted molar refractivity (Wildman–Crippen MR) is 307 cm³/mol. The predicted octanol–water partition coefficient (Wildman–Crippen LogP) is 16.7. The van der Waals surface area contributed by atoms with Crippen LogP contribution in [0, 0.1) is 6.92 Å². The van der Waals surface area contributed by atoms with Crippen LogP contribution in [0.3, 0.4) is 0 Å². The first kappa shape index (κ1) is 46.8. The number of hydrogen-bond donors (Lipinski definition) is 0. The van der Waals surface area contributed by atoms with Crippen LogP contribution in [0.25, 0.3) is 22.3 Å². The fourth-order valence-corrected chi connectivity index (χ4v) is 12.2. The van der Waals surface area contributed by atoms with Crippen LogP contribution in [-0.4, -0.2) is 6.71 Å². The van der Waals surface area contributed by atoms with Crippen molar-refractivity contribution >= 4 is 57.2 Å². The summed E-state index contributed by atoms with van der Waals surface area (Å²) in [7, 11) is 0. The van der Waals surface area contributed by atoms with E-state index >= 15 is 0 Å². The number of aryl methyl sites for hydroxylation is 1. The second-order valence-electron chi connectivity index (χ2n) is 25.0. The van der Waals surface area contributed by atoms with Gasteiger partial charge in [-0.15, -0.1) is 0 Å². The molecule has 71 heavy (non-hydrogen) atoms. The van der Waals surface area contributed by atoms with Crippen molar-refractivity contribution in [2.45, 2.75) is 130 Å². The average Bonchev–Trinajstić information content (AvgIpc) is 3.34. The molecule has 0 N–H and O–H groups in total. The van der Waals surface area contributed by atoms with Gasteiger partial charge in [0.1, 0.15) is 0 Å². The maximum absolute atomic E-state index is 2.69. The molecule has 0 spiro atoms. The first-order valence-corrected chi connectivity index (χ1v) is 26.2. The lowest BCUT2D eigenvalue weighted by Gasteiger charge is -2.48. The highest BCUT2D eigenvalue weighted by Gasteiger charge is 2.47. The molecule has 0 unspecified atom stereocenters. The van der Waals surface area contributed by atoms with Crippen LogP contribution in [0.5, 0.6) is 0 Å². The molecule has 0 bridgehead atoms. The highest BCUT2D eigenvalue weighted by molar-refractivity contribution is 7.00. The highest BCUT2D eigenvalue weighted by atomic mass is 15.2. The Bertz CT molecular complexity index is 3380. The zero-order chi connectivity index (χ0) is 50.0. The second-order valence-corrected chi connectivity index (χ2v) is 25.0. The summed E-state index contributed by atoms with van der Waals surface area (Å²) in [5, 5.41) is 0. The molecule has 0 atom stereocenters. The molecule has 0 saturated carbocycles. The number of fused-ring (bicyclic) bond motifs is 5. The molecule has 356 valence electrons. The van der Waals surface area contributed by atoms with Crippen LogP contribution in [0.2, 0.25) is 0 Å². The summed E-state index contributed by atoms with van der Waals surface area (Å²) in [6, 6.07) is 65.6. The minimum absolute atomic E-state index is 0.00244. The van der Waals surface area contributed by atoms with Crippen LogP contribution in [0.4, 0.5) is 34.1 Å². The lowest BCUT2D eigenvalue weighted by molar-refractivity contribution is 0.332. The molecule has 2 heterocycles. The van der Waals surface area contributed by atoms with Crippen molar-refractivity contribution in [3.63, 3.8) is 0 Å². The van der Waals surface area contributed by atoms with Crippen LogP contribution in [0.1, 0.15) is 135 Å². The van der Waals surface area contributed by atoms with E-state index < -0.39 is 0 Å². The normalized spacial score (nSPS) is 15.7. The Labute approximate surface area is 425 Å². The molecule has 0 amide bonds. The topological polar surface area (TPSA) is 6.48 Å². The summed E-state index contributed by atoms with van der Waals surface area (Å²) in [6.07, 6.45) is 2.31. The maximum atomic E-state index is 2.69. The van der Waals surface area contributed by atoms with Crippen LogP contribution in [0.15, 0.2) is 170 Å². The van der Waals surface area contributed by atoms with Crippen molar-refractivity contribution < 1.29 is 0 Å². The van der Waals surface area contributed by atoms with Crippen molar-refractivity contribution in [2.24, 2.45) is 0 Å². The minimum Gasteiger partial charge on any atom is -0.311 e. The van der Waals surface area contributed by atoms with Gasteiger partial charge in [-0.2, -0.15) is 0 Å². The molecule has 0 fully saturated rings. The minimum atomic E-state index is -0.226. The van der Waals surface area contributed by atoms with Crippen LogP contribution < -0.4 is 26.2 Å². The number of benzene rings is 8. The molecule has 0 aromatic heterocycles. The SMILES string of the molecule is Cc1cc2c3c(c1)N(c1ccc(C(C)(C)C)cc1-c1cccc(-c4ccccc4)c1)c1cc4c(cc1B3c1ccc(C(C)(C)c3ccccc3)cc1N2c1cccc(C(C)(C)C)c1)C(C)(C)CCC4(C)C. The molecule has 2 nitrogen and oxygen atoms in total. The summed E-state index contributed by atoms with van der Waals surface area (Å²) >= 11 is 0. The monoisotopic (exact) mass is 927 g/mol. The van der Waals surface area contributed by atoms with Gasteiger partial charge in [-0.25, -0.2) is 0 Å². The first-order chi connectivity index (χ1) is 33.6. The Kier molecular flexibility index (Phi) is 10.9. The number of anilines is 6. The zero-order valence-corrected chi connectivity index (χ0v) is 44.6. The van der Waals surface area contributed by atoms with Crippen molar-refractivity contribution in [1.82, 2.24) is 0 Å². The van der Waals surface area contributed by atoms with Gasteiger partial charge in [-0.05, 0) is 168 Å².